The number of methoxy groups -OCH3 is 1. The second-order valence-corrected chi connectivity index (χ2v) is 5.05. The van der Waals surface area contributed by atoms with Crippen LogP contribution >= 0.6 is 0 Å². The van der Waals surface area contributed by atoms with E-state index in [1.54, 1.807) is 7.11 Å². The Labute approximate surface area is 115 Å². The first-order chi connectivity index (χ1) is 9.29. The van der Waals surface area contributed by atoms with Crippen molar-refractivity contribution in [3.05, 3.63) is 24.3 Å². The van der Waals surface area contributed by atoms with Crippen molar-refractivity contribution in [2.45, 2.75) is 18.9 Å². The summed E-state index contributed by atoms with van der Waals surface area (Å²) in [5.41, 5.74) is 0. The van der Waals surface area contributed by atoms with E-state index in [1.165, 1.54) is 12.8 Å². The van der Waals surface area contributed by atoms with Crippen molar-refractivity contribution >= 4 is 0 Å². The zero-order valence-electron chi connectivity index (χ0n) is 11.9. The molecule has 0 amide bonds. The van der Waals surface area contributed by atoms with Crippen LogP contribution < -0.4 is 14.8 Å². The van der Waals surface area contributed by atoms with Gasteiger partial charge < -0.3 is 19.7 Å². The van der Waals surface area contributed by atoms with Crippen LogP contribution in [0.1, 0.15) is 12.8 Å². The Bertz CT molecular complexity index is 378. The van der Waals surface area contributed by atoms with Crippen LogP contribution in [0.15, 0.2) is 24.3 Å². The highest BCUT2D eigenvalue weighted by Crippen LogP contribution is 2.25. The summed E-state index contributed by atoms with van der Waals surface area (Å²) in [7, 11) is 3.81. The molecule has 0 radical (unpaired) electrons. The van der Waals surface area contributed by atoms with Crippen molar-refractivity contribution in [3.8, 4) is 11.5 Å². The number of ether oxygens (including phenoxy) is 2. The molecule has 19 heavy (non-hydrogen) atoms. The first-order valence-electron chi connectivity index (χ1n) is 6.97. The van der Waals surface area contributed by atoms with Gasteiger partial charge in [-0.2, -0.15) is 0 Å². The number of para-hydroxylation sites is 2. The summed E-state index contributed by atoms with van der Waals surface area (Å²) in [4.78, 5) is 2.32. The van der Waals surface area contributed by atoms with E-state index < -0.39 is 0 Å². The predicted octanol–water partition coefficient (Wildman–Crippen LogP) is 1.76. The highest BCUT2D eigenvalue weighted by molar-refractivity contribution is 5.39. The lowest BCUT2D eigenvalue weighted by Crippen LogP contribution is -2.37. The highest BCUT2D eigenvalue weighted by atomic mass is 16.5. The first-order valence-corrected chi connectivity index (χ1v) is 6.97. The lowest BCUT2D eigenvalue weighted by Gasteiger charge is -2.21. The molecule has 1 saturated heterocycles. The Morgan fingerprint density at radius 2 is 2.11 bits per heavy atom. The summed E-state index contributed by atoms with van der Waals surface area (Å²) in [6, 6.07) is 8.42. The van der Waals surface area contributed by atoms with E-state index in [9.17, 15) is 0 Å². The molecule has 1 aliphatic heterocycles. The van der Waals surface area contributed by atoms with Gasteiger partial charge in [-0.1, -0.05) is 12.1 Å². The SMILES string of the molecule is COc1ccccc1OCCN(C)CC1CCCN1. The number of nitrogens with zero attached hydrogens (tertiary/aromatic N) is 1. The molecule has 0 bridgehead atoms. The summed E-state index contributed by atoms with van der Waals surface area (Å²) in [5.74, 6) is 1.61. The van der Waals surface area contributed by atoms with E-state index in [-0.39, 0.29) is 0 Å². The molecule has 1 N–H and O–H groups in total. The molecule has 1 heterocycles. The van der Waals surface area contributed by atoms with Crippen LogP contribution in [-0.2, 0) is 0 Å². The summed E-state index contributed by atoms with van der Waals surface area (Å²) in [6.45, 7) is 3.87. The summed E-state index contributed by atoms with van der Waals surface area (Å²) < 4.78 is 11.0. The molecule has 1 aromatic rings. The molecule has 0 aromatic heterocycles. The average Bonchev–Trinajstić information content (AvgIpc) is 2.92. The van der Waals surface area contributed by atoms with E-state index >= 15 is 0 Å². The van der Waals surface area contributed by atoms with Gasteiger partial charge >= 0.3 is 0 Å². The number of rotatable bonds is 7. The molecule has 106 valence electrons. The molecule has 1 fully saturated rings. The Balaban J connectivity index is 1.70. The van der Waals surface area contributed by atoms with E-state index in [1.807, 2.05) is 24.3 Å². The maximum atomic E-state index is 5.78. The fraction of sp³-hybridized carbons (Fsp3) is 0.600. The number of hydrogen-bond donors (Lipinski definition) is 1. The Morgan fingerprint density at radius 1 is 1.32 bits per heavy atom. The quantitative estimate of drug-likeness (QED) is 0.813. The van der Waals surface area contributed by atoms with Gasteiger partial charge in [0.1, 0.15) is 6.61 Å². The third-order valence-electron chi connectivity index (χ3n) is 3.49. The molecule has 0 spiro atoms. The van der Waals surface area contributed by atoms with Crippen molar-refractivity contribution < 1.29 is 9.47 Å². The smallest absolute Gasteiger partial charge is 0.161 e. The average molecular weight is 264 g/mol. The van der Waals surface area contributed by atoms with Crippen LogP contribution in [0.3, 0.4) is 0 Å². The van der Waals surface area contributed by atoms with Gasteiger partial charge in [-0.25, -0.2) is 0 Å². The second kappa shape index (κ2) is 7.36. The monoisotopic (exact) mass is 264 g/mol. The third kappa shape index (κ3) is 4.40. The van der Waals surface area contributed by atoms with E-state index in [2.05, 4.69) is 17.3 Å². The Kier molecular flexibility index (Phi) is 5.48. The zero-order chi connectivity index (χ0) is 13.5. The van der Waals surface area contributed by atoms with Gasteiger partial charge in [-0.05, 0) is 38.6 Å². The van der Waals surface area contributed by atoms with Crippen LogP contribution in [0.5, 0.6) is 11.5 Å². The molecule has 1 aromatic carbocycles. The van der Waals surface area contributed by atoms with Gasteiger partial charge in [0.05, 0.1) is 7.11 Å². The van der Waals surface area contributed by atoms with Crippen LogP contribution in [0.25, 0.3) is 0 Å². The van der Waals surface area contributed by atoms with Gasteiger partial charge in [-0.3, -0.25) is 0 Å². The zero-order valence-corrected chi connectivity index (χ0v) is 11.9. The minimum atomic E-state index is 0.649. The molecule has 4 heteroatoms. The van der Waals surface area contributed by atoms with Crippen molar-refractivity contribution in [1.29, 1.82) is 0 Å². The van der Waals surface area contributed by atoms with Crippen molar-refractivity contribution in [3.63, 3.8) is 0 Å². The molecule has 2 rings (SSSR count). The molecular weight excluding hydrogens is 240 g/mol. The van der Waals surface area contributed by atoms with E-state index in [0.29, 0.717) is 12.6 Å². The lowest BCUT2D eigenvalue weighted by atomic mass is 10.2. The summed E-state index contributed by atoms with van der Waals surface area (Å²) in [5, 5.41) is 3.51. The fourth-order valence-corrected chi connectivity index (χ4v) is 2.43. The first kappa shape index (κ1) is 14.2. The molecule has 4 nitrogen and oxygen atoms in total. The van der Waals surface area contributed by atoms with Gasteiger partial charge in [0.25, 0.3) is 0 Å². The largest absolute Gasteiger partial charge is 0.493 e. The van der Waals surface area contributed by atoms with E-state index in [4.69, 9.17) is 9.47 Å². The van der Waals surface area contributed by atoms with Gasteiger partial charge in [0.15, 0.2) is 11.5 Å². The number of benzene rings is 1. The third-order valence-corrected chi connectivity index (χ3v) is 3.49. The highest BCUT2D eigenvalue weighted by Gasteiger charge is 2.15. The Hall–Kier alpha value is -1.26. The normalized spacial score (nSPS) is 18.8. The molecular formula is C15H24N2O2. The van der Waals surface area contributed by atoms with Crippen LogP contribution in [0.2, 0.25) is 0 Å². The summed E-state index contributed by atoms with van der Waals surface area (Å²) in [6.07, 6.45) is 2.59. The topological polar surface area (TPSA) is 33.7 Å². The molecule has 0 aliphatic carbocycles. The fourth-order valence-electron chi connectivity index (χ4n) is 2.43. The van der Waals surface area contributed by atoms with Gasteiger partial charge in [-0.15, -0.1) is 0 Å². The van der Waals surface area contributed by atoms with Gasteiger partial charge in [0.2, 0.25) is 0 Å². The van der Waals surface area contributed by atoms with Crippen LogP contribution in [-0.4, -0.2) is 51.3 Å². The summed E-state index contributed by atoms with van der Waals surface area (Å²) >= 11 is 0. The van der Waals surface area contributed by atoms with Crippen LogP contribution in [0.4, 0.5) is 0 Å². The molecule has 1 unspecified atom stereocenters. The maximum Gasteiger partial charge on any atom is 0.161 e. The number of hydrogen-bond acceptors (Lipinski definition) is 4. The lowest BCUT2D eigenvalue weighted by molar-refractivity contribution is 0.220. The minimum Gasteiger partial charge on any atom is -0.493 e. The predicted molar refractivity (Wildman–Crippen MR) is 77.0 cm³/mol. The molecule has 1 atom stereocenters. The molecule has 0 saturated carbocycles. The van der Waals surface area contributed by atoms with Gasteiger partial charge in [0, 0.05) is 19.1 Å². The number of nitrogens with one attached hydrogen (secondary N) is 1. The van der Waals surface area contributed by atoms with E-state index in [0.717, 1.165) is 31.1 Å². The Morgan fingerprint density at radius 3 is 2.79 bits per heavy atom. The van der Waals surface area contributed by atoms with Crippen molar-refractivity contribution in [2.24, 2.45) is 0 Å². The maximum absolute atomic E-state index is 5.78. The van der Waals surface area contributed by atoms with Crippen molar-refractivity contribution in [1.82, 2.24) is 10.2 Å². The molecule has 1 aliphatic rings. The van der Waals surface area contributed by atoms with Crippen LogP contribution in [0, 0.1) is 0 Å². The second-order valence-electron chi connectivity index (χ2n) is 5.05. The standard InChI is InChI=1S/C15H24N2O2/c1-17(12-13-6-5-9-16-13)10-11-19-15-8-4-3-7-14(15)18-2/h3-4,7-8,13,16H,5-6,9-12H2,1-2H3. The number of likely N-dealkylation sites (N-methyl/N-ethyl adjacent to an activating group) is 1. The van der Waals surface area contributed by atoms with Crippen molar-refractivity contribution in [2.75, 3.05) is 40.4 Å². The minimum absolute atomic E-state index is 0.649.